The maximum absolute atomic E-state index is 13.0. The van der Waals surface area contributed by atoms with Crippen LogP contribution in [0, 0.1) is 6.92 Å². The average Bonchev–Trinajstić information content (AvgIpc) is 3.06. The summed E-state index contributed by atoms with van der Waals surface area (Å²) in [4.78, 5) is 35.6. The Hall–Kier alpha value is -1.86. The van der Waals surface area contributed by atoms with E-state index in [1.54, 1.807) is 23.1 Å². The van der Waals surface area contributed by atoms with Gasteiger partial charge in [-0.3, -0.25) is 9.59 Å². The van der Waals surface area contributed by atoms with Crippen LogP contribution in [0.4, 0.5) is 5.82 Å². The number of carbonyl (C=O) groups is 1. The van der Waals surface area contributed by atoms with Crippen LogP contribution < -0.4 is 10.9 Å². The molecule has 1 aliphatic carbocycles. The highest BCUT2D eigenvalue weighted by Gasteiger charge is 2.38. The first-order valence-corrected chi connectivity index (χ1v) is 11.2. The minimum atomic E-state index is -0.311. The quantitative estimate of drug-likeness (QED) is 0.435. The number of Topliss-reactive ketones (excluding diaryl/α,β-unsaturated/α-hetero) is 1. The lowest BCUT2D eigenvalue weighted by Crippen LogP contribution is -2.32. The molecule has 1 atom stereocenters. The van der Waals surface area contributed by atoms with E-state index in [9.17, 15) is 9.59 Å². The van der Waals surface area contributed by atoms with Crippen LogP contribution in [0.3, 0.4) is 0 Å². The van der Waals surface area contributed by atoms with E-state index in [-0.39, 0.29) is 17.3 Å². The van der Waals surface area contributed by atoms with Crippen LogP contribution in [-0.4, -0.2) is 21.5 Å². The summed E-state index contributed by atoms with van der Waals surface area (Å²) in [7, 11) is 0. The molecule has 27 heavy (non-hydrogen) atoms. The molecule has 0 aromatic carbocycles. The van der Waals surface area contributed by atoms with Gasteiger partial charge in [0.2, 0.25) is 0 Å². The van der Waals surface area contributed by atoms with Gasteiger partial charge in [-0.1, -0.05) is 25.1 Å². The summed E-state index contributed by atoms with van der Waals surface area (Å²) < 4.78 is 0. The van der Waals surface area contributed by atoms with Crippen LogP contribution in [0.2, 0.25) is 0 Å². The molecule has 0 bridgehead atoms. The number of unbranched alkanes of at least 4 members (excludes halogenated alkanes) is 1. The van der Waals surface area contributed by atoms with Gasteiger partial charge < -0.3 is 10.3 Å². The van der Waals surface area contributed by atoms with Gasteiger partial charge >= 0.3 is 0 Å². The number of aromatic nitrogens is 2. The Morgan fingerprint density at radius 2 is 2.15 bits per heavy atom. The lowest BCUT2D eigenvalue weighted by molar-refractivity contribution is -0.116. The van der Waals surface area contributed by atoms with Crippen LogP contribution in [-0.2, 0) is 4.79 Å². The van der Waals surface area contributed by atoms with E-state index in [2.05, 4.69) is 17.2 Å². The van der Waals surface area contributed by atoms with Crippen molar-refractivity contribution < 1.29 is 4.79 Å². The molecule has 7 heteroatoms. The highest BCUT2D eigenvalue weighted by molar-refractivity contribution is 7.99. The molecule has 3 heterocycles. The summed E-state index contributed by atoms with van der Waals surface area (Å²) in [5, 5.41) is 3.97. The molecule has 5 nitrogen and oxygen atoms in total. The van der Waals surface area contributed by atoms with Crippen LogP contribution in [0.1, 0.15) is 60.3 Å². The molecule has 0 saturated heterocycles. The maximum atomic E-state index is 13.0. The van der Waals surface area contributed by atoms with Gasteiger partial charge in [0.25, 0.3) is 5.56 Å². The van der Waals surface area contributed by atoms with Crippen LogP contribution in [0.25, 0.3) is 0 Å². The van der Waals surface area contributed by atoms with Gasteiger partial charge in [-0.2, -0.15) is 0 Å². The third-order valence-electron chi connectivity index (χ3n) is 5.02. The van der Waals surface area contributed by atoms with Gasteiger partial charge in [0.15, 0.2) is 10.9 Å². The third-order valence-corrected chi connectivity index (χ3v) is 7.04. The second-order valence-corrected chi connectivity index (χ2v) is 9.41. The number of H-pyrrole nitrogens is 1. The lowest BCUT2D eigenvalue weighted by atomic mass is 9.79. The molecular formula is C20H23N3O2S2. The number of aromatic amines is 1. The third kappa shape index (κ3) is 3.50. The predicted octanol–water partition coefficient (Wildman–Crippen LogP) is 4.60. The van der Waals surface area contributed by atoms with Crippen molar-refractivity contribution in [2.24, 2.45) is 0 Å². The topological polar surface area (TPSA) is 74.8 Å². The molecule has 142 valence electrons. The minimum absolute atomic E-state index is 0.145. The van der Waals surface area contributed by atoms with Gasteiger partial charge in [-0.05, 0) is 38.3 Å². The molecule has 0 spiro atoms. The number of rotatable bonds is 5. The molecule has 1 aliphatic heterocycles. The zero-order valence-corrected chi connectivity index (χ0v) is 17.2. The Morgan fingerprint density at radius 3 is 2.89 bits per heavy atom. The number of aryl methyl sites for hydroxylation is 1. The second kappa shape index (κ2) is 7.64. The highest BCUT2D eigenvalue weighted by atomic mass is 32.2. The van der Waals surface area contributed by atoms with Gasteiger partial charge in [-0.25, -0.2) is 4.98 Å². The van der Waals surface area contributed by atoms with E-state index >= 15 is 0 Å². The standard InChI is InChI=1S/C20H23N3O2S2/c1-3-4-10-26-20-22-18-17(19(25)23-20)16(14-9-8-11(2)27-14)15-12(21-18)6-5-7-13(15)24/h8-9,16H,3-7,10H2,1-2H3,(H2,21,22,23,25)/t16-/m0/s1. The first-order chi connectivity index (χ1) is 13.1. The number of nitrogens with zero attached hydrogens (tertiary/aromatic N) is 1. The van der Waals surface area contributed by atoms with Crippen molar-refractivity contribution in [3.8, 4) is 0 Å². The number of fused-ring (bicyclic) bond motifs is 1. The Morgan fingerprint density at radius 1 is 1.30 bits per heavy atom. The Labute approximate surface area is 166 Å². The number of thioether (sulfide) groups is 1. The van der Waals surface area contributed by atoms with Crippen molar-refractivity contribution >= 4 is 34.7 Å². The first-order valence-electron chi connectivity index (χ1n) is 9.45. The monoisotopic (exact) mass is 401 g/mol. The van der Waals surface area contributed by atoms with Crippen molar-refractivity contribution in [1.82, 2.24) is 9.97 Å². The number of nitrogens with one attached hydrogen (secondary N) is 2. The minimum Gasteiger partial charge on any atom is -0.343 e. The SMILES string of the molecule is CCCCSc1nc2c(c(=O)[nH]1)[C@@H](c1ccc(C)s1)C1=C(CCCC1=O)N2. The number of allylic oxidation sites excluding steroid dienone is 2. The summed E-state index contributed by atoms with van der Waals surface area (Å²) in [6.07, 6.45) is 4.41. The molecule has 2 aromatic heterocycles. The summed E-state index contributed by atoms with van der Waals surface area (Å²) >= 11 is 3.22. The molecule has 0 radical (unpaired) electrons. The first kappa shape index (κ1) is 18.5. The predicted molar refractivity (Wildman–Crippen MR) is 111 cm³/mol. The van der Waals surface area contributed by atoms with Crippen LogP contribution in [0.5, 0.6) is 0 Å². The van der Waals surface area contributed by atoms with Crippen molar-refractivity contribution in [2.75, 3.05) is 11.1 Å². The lowest BCUT2D eigenvalue weighted by Gasteiger charge is -2.32. The number of carbonyl (C=O) groups excluding carboxylic acids is 1. The maximum Gasteiger partial charge on any atom is 0.257 e. The summed E-state index contributed by atoms with van der Waals surface area (Å²) in [6, 6.07) is 4.08. The zero-order chi connectivity index (χ0) is 19.0. The molecule has 2 aromatic rings. The number of ketones is 1. The highest BCUT2D eigenvalue weighted by Crippen LogP contribution is 2.45. The van der Waals surface area contributed by atoms with E-state index in [0.717, 1.165) is 47.6 Å². The number of anilines is 1. The number of thiophene rings is 1. The van der Waals surface area contributed by atoms with Gasteiger partial charge in [0.1, 0.15) is 5.82 Å². The normalized spacial score (nSPS) is 18.9. The van der Waals surface area contributed by atoms with E-state index in [4.69, 9.17) is 4.98 Å². The van der Waals surface area contributed by atoms with Crippen molar-refractivity contribution in [3.05, 3.63) is 49.1 Å². The molecule has 2 aliphatic rings. The molecule has 0 unspecified atom stereocenters. The summed E-state index contributed by atoms with van der Waals surface area (Å²) in [5.74, 6) is 1.38. The molecule has 0 saturated carbocycles. The largest absolute Gasteiger partial charge is 0.343 e. The van der Waals surface area contributed by atoms with E-state index in [1.807, 2.05) is 19.1 Å². The van der Waals surface area contributed by atoms with Gasteiger partial charge in [-0.15, -0.1) is 11.3 Å². The second-order valence-electron chi connectivity index (χ2n) is 7.01. The Balaban J connectivity index is 1.83. The van der Waals surface area contributed by atoms with Crippen molar-refractivity contribution in [1.29, 1.82) is 0 Å². The fraction of sp³-hybridized carbons (Fsp3) is 0.450. The van der Waals surface area contributed by atoms with E-state index in [1.165, 1.54) is 4.88 Å². The van der Waals surface area contributed by atoms with E-state index in [0.29, 0.717) is 23.0 Å². The zero-order valence-electron chi connectivity index (χ0n) is 15.6. The van der Waals surface area contributed by atoms with Crippen molar-refractivity contribution in [2.45, 2.75) is 57.0 Å². The molecule has 2 N–H and O–H groups in total. The van der Waals surface area contributed by atoms with Gasteiger partial charge in [0, 0.05) is 33.2 Å². The number of hydrogen-bond donors (Lipinski definition) is 2. The average molecular weight is 402 g/mol. The smallest absolute Gasteiger partial charge is 0.257 e. The van der Waals surface area contributed by atoms with E-state index < -0.39 is 0 Å². The fourth-order valence-corrected chi connectivity index (χ4v) is 5.66. The summed E-state index contributed by atoms with van der Waals surface area (Å²) in [6.45, 7) is 4.19. The van der Waals surface area contributed by atoms with Crippen molar-refractivity contribution in [3.63, 3.8) is 0 Å². The molecule has 4 rings (SSSR count). The molecule has 0 fully saturated rings. The van der Waals surface area contributed by atoms with Crippen LogP contribution in [0.15, 0.2) is 33.4 Å². The molecular weight excluding hydrogens is 378 g/mol. The summed E-state index contributed by atoms with van der Waals surface area (Å²) in [5.41, 5.74) is 2.13. The Kier molecular flexibility index (Phi) is 5.23. The van der Waals surface area contributed by atoms with Crippen LogP contribution >= 0.6 is 23.1 Å². The fourth-order valence-electron chi connectivity index (χ4n) is 3.72. The molecule has 0 amide bonds. The Bertz CT molecular complexity index is 974. The number of hydrogen-bond acceptors (Lipinski definition) is 6. The van der Waals surface area contributed by atoms with Gasteiger partial charge in [0.05, 0.1) is 11.5 Å².